The summed E-state index contributed by atoms with van der Waals surface area (Å²) in [6, 6.07) is 5.78. The van der Waals surface area contributed by atoms with Gasteiger partial charge in [0, 0.05) is 13.6 Å². The Morgan fingerprint density at radius 2 is 2.05 bits per heavy atom. The van der Waals surface area contributed by atoms with Gasteiger partial charge in [-0.25, -0.2) is 4.79 Å². The van der Waals surface area contributed by atoms with Gasteiger partial charge >= 0.3 is 22.1 Å². The molecule has 0 saturated heterocycles. The van der Waals surface area contributed by atoms with E-state index in [1.54, 1.807) is 0 Å². The largest absolute Gasteiger partial charge is 0.481 e. The zero-order chi connectivity index (χ0) is 16.0. The third-order valence-corrected chi connectivity index (χ3v) is 4.08. The van der Waals surface area contributed by atoms with Crippen molar-refractivity contribution in [2.45, 2.75) is 6.42 Å². The number of hydrogen-bond acceptors (Lipinski definition) is 5. The van der Waals surface area contributed by atoms with Crippen molar-refractivity contribution in [3.63, 3.8) is 0 Å². The van der Waals surface area contributed by atoms with Crippen LogP contribution in [0.3, 0.4) is 0 Å². The van der Waals surface area contributed by atoms with Crippen LogP contribution < -0.4 is 4.72 Å². The topological polar surface area (TPSA) is 113 Å². The van der Waals surface area contributed by atoms with Crippen molar-refractivity contribution in [3.8, 4) is 0 Å². The number of anilines is 1. The first kappa shape index (κ1) is 16.9. The molecule has 0 aliphatic carbocycles. The highest BCUT2D eigenvalue weighted by atomic mass is 32.2. The molecule has 0 aliphatic heterocycles. The molecule has 0 saturated carbocycles. The summed E-state index contributed by atoms with van der Waals surface area (Å²) in [7, 11) is -1.41. The van der Waals surface area contributed by atoms with Gasteiger partial charge in [0.25, 0.3) is 0 Å². The van der Waals surface area contributed by atoms with E-state index in [1.165, 1.54) is 38.4 Å². The van der Waals surface area contributed by atoms with Crippen LogP contribution in [0.2, 0.25) is 0 Å². The number of aliphatic carboxylic acids is 1. The number of nitrogens with one attached hydrogen (secondary N) is 1. The normalized spacial score (nSPS) is 11.2. The predicted octanol–water partition coefficient (Wildman–Crippen LogP) is 0.536. The van der Waals surface area contributed by atoms with Gasteiger partial charge in [-0.05, 0) is 18.2 Å². The highest BCUT2D eigenvalue weighted by Gasteiger charge is 2.19. The molecule has 8 nitrogen and oxygen atoms in total. The number of carboxylic acid groups (broad SMARTS) is 1. The van der Waals surface area contributed by atoms with Gasteiger partial charge in [0.2, 0.25) is 0 Å². The minimum absolute atomic E-state index is 0.165. The number of hydrogen-bond donors (Lipinski definition) is 2. The van der Waals surface area contributed by atoms with Crippen LogP contribution in [0, 0.1) is 0 Å². The smallest absolute Gasteiger partial charge is 0.337 e. The van der Waals surface area contributed by atoms with E-state index in [1.807, 2.05) is 0 Å². The highest BCUT2D eigenvalue weighted by molar-refractivity contribution is 7.90. The van der Waals surface area contributed by atoms with E-state index < -0.39 is 22.1 Å². The number of benzene rings is 1. The molecule has 0 heterocycles. The number of esters is 1. The summed E-state index contributed by atoms with van der Waals surface area (Å²) < 4.78 is 31.6. The summed E-state index contributed by atoms with van der Waals surface area (Å²) in [6.07, 6.45) is -0.306. The SMILES string of the molecule is COC(=O)c1cccc(NS(=O)(=O)N(C)CCC(=O)O)c1. The number of carbonyl (C=O) groups is 2. The zero-order valence-electron chi connectivity index (χ0n) is 11.6. The lowest BCUT2D eigenvalue weighted by molar-refractivity contribution is -0.137. The highest BCUT2D eigenvalue weighted by Crippen LogP contribution is 2.14. The van der Waals surface area contributed by atoms with E-state index in [-0.39, 0.29) is 24.2 Å². The van der Waals surface area contributed by atoms with Gasteiger partial charge in [0.15, 0.2) is 0 Å². The Hall–Kier alpha value is -2.13. The molecular weight excluding hydrogens is 300 g/mol. The van der Waals surface area contributed by atoms with Crippen molar-refractivity contribution in [1.29, 1.82) is 0 Å². The van der Waals surface area contributed by atoms with Gasteiger partial charge in [0.1, 0.15) is 0 Å². The third kappa shape index (κ3) is 5.04. The zero-order valence-corrected chi connectivity index (χ0v) is 12.4. The Morgan fingerprint density at radius 1 is 1.38 bits per heavy atom. The van der Waals surface area contributed by atoms with Gasteiger partial charge in [-0.2, -0.15) is 12.7 Å². The summed E-state index contributed by atoms with van der Waals surface area (Å²) in [6.45, 7) is -0.165. The average Bonchev–Trinajstić information content (AvgIpc) is 2.43. The van der Waals surface area contributed by atoms with Crippen LogP contribution in [0.1, 0.15) is 16.8 Å². The lowest BCUT2D eigenvalue weighted by atomic mass is 10.2. The number of nitrogens with zero attached hydrogens (tertiary/aromatic N) is 1. The Bertz CT molecular complexity index is 628. The van der Waals surface area contributed by atoms with Crippen molar-refractivity contribution in [1.82, 2.24) is 4.31 Å². The molecule has 116 valence electrons. The molecule has 0 aromatic heterocycles. The second kappa shape index (κ2) is 7.04. The summed E-state index contributed by atoms with van der Waals surface area (Å²) >= 11 is 0. The molecule has 0 bridgehead atoms. The maximum Gasteiger partial charge on any atom is 0.337 e. The molecule has 2 N–H and O–H groups in total. The molecule has 0 fully saturated rings. The molecule has 21 heavy (non-hydrogen) atoms. The summed E-state index contributed by atoms with van der Waals surface area (Å²) in [4.78, 5) is 21.8. The first-order valence-electron chi connectivity index (χ1n) is 5.90. The van der Waals surface area contributed by atoms with Gasteiger partial charge < -0.3 is 9.84 Å². The Labute approximate surface area is 122 Å². The van der Waals surface area contributed by atoms with Crippen molar-refractivity contribution in [3.05, 3.63) is 29.8 Å². The molecule has 0 spiro atoms. The first-order chi connectivity index (χ1) is 9.76. The number of rotatable bonds is 7. The molecule has 1 aromatic carbocycles. The minimum Gasteiger partial charge on any atom is -0.481 e. The molecule has 9 heteroatoms. The predicted molar refractivity (Wildman–Crippen MR) is 75.2 cm³/mol. The van der Waals surface area contributed by atoms with Gasteiger partial charge in [-0.1, -0.05) is 6.07 Å². The third-order valence-electron chi connectivity index (χ3n) is 2.58. The lowest BCUT2D eigenvalue weighted by Gasteiger charge is -2.17. The quantitative estimate of drug-likeness (QED) is 0.710. The summed E-state index contributed by atoms with van der Waals surface area (Å²) in [5.41, 5.74) is 0.381. The van der Waals surface area contributed by atoms with E-state index in [0.717, 1.165) is 4.31 Å². The molecular formula is C12H16N2O6S. The standard InChI is InChI=1S/C12H16N2O6S/c1-14(7-6-11(15)16)21(18,19)13-10-5-3-4-9(8-10)12(17)20-2/h3-5,8,13H,6-7H2,1-2H3,(H,15,16). The van der Waals surface area contributed by atoms with Crippen LogP contribution >= 0.6 is 0 Å². The second-order valence-corrected chi connectivity index (χ2v) is 5.92. The number of carboxylic acids is 1. The van der Waals surface area contributed by atoms with Gasteiger partial charge in [-0.15, -0.1) is 0 Å². The van der Waals surface area contributed by atoms with Crippen LogP contribution in [-0.4, -0.2) is 50.5 Å². The number of carbonyl (C=O) groups excluding carboxylic acids is 1. The number of methoxy groups -OCH3 is 1. The molecule has 0 atom stereocenters. The monoisotopic (exact) mass is 316 g/mol. The fourth-order valence-corrected chi connectivity index (χ4v) is 2.34. The Kier molecular flexibility index (Phi) is 5.68. The maximum atomic E-state index is 12.0. The van der Waals surface area contributed by atoms with E-state index in [4.69, 9.17) is 5.11 Å². The summed E-state index contributed by atoms with van der Waals surface area (Å²) in [5, 5.41) is 8.55. The van der Waals surface area contributed by atoms with Crippen LogP contribution in [0.25, 0.3) is 0 Å². The average molecular weight is 316 g/mol. The van der Waals surface area contributed by atoms with E-state index in [2.05, 4.69) is 9.46 Å². The van der Waals surface area contributed by atoms with Crippen molar-refractivity contribution < 1.29 is 27.9 Å². The lowest BCUT2D eigenvalue weighted by Crippen LogP contribution is -2.34. The van der Waals surface area contributed by atoms with Crippen molar-refractivity contribution in [2.24, 2.45) is 0 Å². The molecule has 0 aliphatic rings. The van der Waals surface area contributed by atoms with E-state index in [9.17, 15) is 18.0 Å². The van der Waals surface area contributed by atoms with E-state index in [0.29, 0.717) is 0 Å². The second-order valence-electron chi connectivity index (χ2n) is 4.14. The van der Waals surface area contributed by atoms with Crippen LogP contribution in [0.5, 0.6) is 0 Å². The Balaban J connectivity index is 2.84. The van der Waals surface area contributed by atoms with Gasteiger partial charge in [0.05, 0.1) is 24.8 Å². The van der Waals surface area contributed by atoms with Crippen LogP contribution in [0.4, 0.5) is 5.69 Å². The minimum atomic E-state index is -3.89. The van der Waals surface area contributed by atoms with Gasteiger partial charge in [-0.3, -0.25) is 9.52 Å². The summed E-state index contributed by atoms with van der Waals surface area (Å²) in [5.74, 6) is -1.68. The molecule has 0 unspecified atom stereocenters. The maximum absolute atomic E-state index is 12.0. The van der Waals surface area contributed by atoms with Crippen LogP contribution in [0.15, 0.2) is 24.3 Å². The Morgan fingerprint density at radius 3 is 2.62 bits per heavy atom. The fraction of sp³-hybridized carbons (Fsp3) is 0.333. The van der Waals surface area contributed by atoms with E-state index >= 15 is 0 Å². The molecule has 1 rings (SSSR count). The molecule has 1 aromatic rings. The number of ether oxygens (including phenoxy) is 1. The van der Waals surface area contributed by atoms with Crippen molar-refractivity contribution in [2.75, 3.05) is 25.4 Å². The molecule has 0 radical (unpaired) electrons. The first-order valence-corrected chi connectivity index (χ1v) is 7.34. The van der Waals surface area contributed by atoms with Crippen LogP contribution in [-0.2, 0) is 19.7 Å². The van der Waals surface area contributed by atoms with Crippen molar-refractivity contribution >= 4 is 27.8 Å². The fourth-order valence-electron chi connectivity index (χ4n) is 1.43. The molecule has 0 amide bonds.